The van der Waals surface area contributed by atoms with Crippen LogP contribution >= 0.6 is 0 Å². The van der Waals surface area contributed by atoms with Crippen molar-refractivity contribution in [2.24, 2.45) is 5.41 Å². The first-order chi connectivity index (χ1) is 10.9. The Bertz CT molecular complexity index is 593. The number of hydrogen-bond acceptors (Lipinski definition) is 4. The molecular weight excluding hydrogens is 298 g/mol. The van der Waals surface area contributed by atoms with Crippen molar-refractivity contribution < 1.29 is 24.2 Å². The van der Waals surface area contributed by atoms with Crippen LogP contribution in [0.15, 0.2) is 18.2 Å². The Balaban J connectivity index is 2.14. The van der Waals surface area contributed by atoms with Crippen molar-refractivity contribution >= 4 is 17.6 Å². The van der Waals surface area contributed by atoms with E-state index in [-0.39, 0.29) is 18.4 Å². The number of methoxy groups -OCH3 is 1. The van der Waals surface area contributed by atoms with Crippen molar-refractivity contribution in [1.82, 2.24) is 0 Å². The zero-order chi connectivity index (χ0) is 17.0. The average molecular weight is 321 g/mol. The highest BCUT2D eigenvalue weighted by Gasteiger charge is 2.45. The molecule has 0 atom stereocenters. The number of carboxylic acids is 1. The third kappa shape index (κ3) is 3.94. The maximum absolute atomic E-state index is 12.3. The van der Waals surface area contributed by atoms with Gasteiger partial charge in [-0.25, -0.2) is 0 Å². The number of rotatable bonds is 7. The van der Waals surface area contributed by atoms with Crippen molar-refractivity contribution in [3.05, 3.63) is 18.2 Å². The third-order valence-electron chi connectivity index (χ3n) is 4.09. The maximum Gasteiger partial charge on any atom is 0.310 e. The molecule has 1 aromatic carbocycles. The highest BCUT2D eigenvalue weighted by Crippen LogP contribution is 2.44. The fourth-order valence-corrected chi connectivity index (χ4v) is 2.66. The second-order valence-corrected chi connectivity index (χ2v) is 6.19. The van der Waals surface area contributed by atoms with E-state index in [1.807, 2.05) is 13.8 Å². The quantitative estimate of drug-likeness (QED) is 0.806. The van der Waals surface area contributed by atoms with Crippen LogP contribution < -0.4 is 14.8 Å². The molecule has 0 heterocycles. The molecule has 0 saturated heterocycles. The van der Waals surface area contributed by atoms with Gasteiger partial charge in [0.25, 0.3) is 0 Å². The molecule has 23 heavy (non-hydrogen) atoms. The van der Waals surface area contributed by atoms with Crippen LogP contribution in [0.2, 0.25) is 0 Å². The van der Waals surface area contributed by atoms with Crippen molar-refractivity contribution in [3.8, 4) is 11.5 Å². The van der Waals surface area contributed by atoms with E-state index in [0.717, 1.165) is 6.42 Å². The van der Waals surface area contributed by atoms with Gasteiger partial charge in [0.05, 0.1) is 24.3 Å². The summed E-state index contributed by atoms with van der Waals surface area (Å²) >= 11 is 0. The van der Waals surface area contributed by atoms with Crippen LogP contribution in [0.5, 0.6) is 11.5 Å². The standard InChI is InChI=1S/C17H23NO5/c1-11(2)23-14-6-5-12(22-3)9-13(14)18-15(19)10-17(16(20)21)7-4-8-17/h5-6,9,11H,4,7-8,10H2,1-3H3,(H,18,19)(H,20,21). The van der Waals surface area contributed by atoms with Crippen LogP contribution in [0, 0.1) is 5.41 Å². The number of carboxylic acid groups (broad SMARTS) is 1. The number of carbonyl (C=O) groups excluding carboxylic acids is 1. The first-order valence-electron chi connectivity index (χ1n) is 7.74. The normalized spacial score (nSPS) is 15.7. The van der Waals surface area contributed by atoms with E-state index in [9.17, 15) is 14.7 Å². The lowest BCUT2D eigenvalue weighted by Crippen LogP contribution is -2.41. The Morgan fingerprint density at radius 3 is 2.52 bits per heavy atom. The molecule has 1 fully saturated rings. The molecular formula is C17H23NO5. The van der Waals surface area contributed by atoms with E-state index >= 15 is 0 Å². The molecule has 1 aliphatic carbocycles. The van der Waals surface area contributed by atoms with Gasteiger partial charge >= 0.3 is 5.97 Å². The molecule has 1 aromatic rings. The number of carbonyl (C=O) groups is 2. The van der Waals surface area contributed by atoms with Crippen molar-refractivity contribution in [2.45, 2.75) is 45.6 Å². The van der Waals surface area contributed by atoms with Gasteiger partial charge < -0.3 is 19.9 Å². The Hall–Kier alpha value is -2.24. The zero-order valence-electron chi connectivity index (χ0n) is 13.7. The summed E-state index contributed by atoms with van der Waals surface area (Å²) in [5.41, 5.74) is -0.426. The Kier molecular flexibility index (Phi) is 5.13. The van der Waals surface area contributed by atoms with E-state index in [1.165, 1.54) is 7.11 Å². The molecule has 0 radical (unpaired) electrons. The van der Waals surface area contributed by atoms with E-state index in [0.29, 0.717) is 30.0 Å². The monoisotopic (exact) mass is 321 g/mol. The van der Waals surface area contributed by atoms with Crippen LogP contribution in [0.1, 0.15) is 39.5 Å². The summed E-state index contributed by atoms with van der Waals surface area (Å²) in [5.74, 6) is -0.0997. The summed E-state index contributed by atoms with van der Waals surface area (Å²) in [4.78, 5) is 23.7. The topological polar surface area (TPSA) is 84.9 Å². The van der Waals surface area contributed by atoms with Crippen molar-refractivity contribution in [2.75, 3.05) is 12.4 Å². The lowest BCUT2D eigenvalue weighted by atomic mass is 9.66. The van der Waals surface area contributed by atoms with Gasteiger partial charge in [-0.15, -0.1) is 0 Å². The number of ether oxygens (including phenoxy) is 2. The number of anilines is 1. The second-order valence-electron chi connectivity index (χ2n) is 6.19. The summed E-state index contributed by atoms with van der Waals surface area (Å²) in [7, 11) is 1.54. The molecule has 2 rings (SSSR count). The van der Waals surface area contributed by atoms with Gasteiger partial charge in [0.2, 0.25) is 5.91 Å². The Morgan fingerprint density at radius 1 is 1.35 bits per heavy atom. The van der Waals surface area contributed by atoms with Gasteiger partial charge in [-0.05, 0) is 38.8 Å². The minimum absolute atomic E-state index is 0.0271. The van der Waals surface area contributed by atoms with Crippen molar-refractivity contribution in [3.63, 3.8) is 0 Å². The number of aliphatic carboxylic acids is 1. The fourth-order valence-electron chi connectivity index (χ4n) is 2.66. The predicted molar refractivity (Wildman–Crippen MR) is 85.9 cm³/mol. The molecule has 1 aliphatic rings. The van der Waals surface area contributed by atoms with Crippen LogP contribution in [0.3, 0.4) is 0 Å². The van der Waals surface area contributed by atoms with Crippen LogP contribution in [-0.4, -0.2) is 30.2 Å². The lowest BCUT2D eigenvalue weighted by molar-refractivity contribution is -0.157. The Morgan fingerprint density at radius 2 is 2.04 bits per heavy atom. The molecule has 1 saturated carbocycles. The zero-order valence-corrected chi connectivity index (χ0v) is 13.7. The second kappa shape index (κ2) is 6.89. The number of benzene rings is 1. The van der Waals surface area contributed by atoms with Crippen LogP contribution in [0.4, 0.5) is 5.69 Å². The minimum atomic E-state index is -0.915. The van der Waals surface area contributed by atoms with Crippen LogP contribution in [0.25, 0.3) is 0 Å². The van der Waals surface area contributed by atoms with Gasteiger partial charge in [0, 0.05) is 12.5 Å². The van der Waals surface area contributed by atoms with E-state index in [1.54, 1.807) is 18.2 Å². The van der Waals surface area contributed by atoms with Gasteiger partial charge in [-0.2, -0.15) is 0 Å². The molecule has 0 aromatic heterocycles. The van der Waals surface area contributed by atoms with Gasteiger partial charge in [0.15, 0.2) is 0 Å². The molecule has 0 bridgehead atoms. The van der Waals surface area contributed by atoms with Crippen LogP contribution in [-0.2, 0) is 9.59 Å². The summed E-state index contributed by atoms with van der Waals surface area (Å²) in [6.45, 7) is 3.78. The number of nitrogens with one attached hydrogen (secondary N) is 1. The lowest BCUT2D eigenvalue weighted by Gasteiger charge is -2.36. The van der Waals surface area contributed by atoms with Gasteiger partial charge in [-0.3, -0.25) is 9.59 Å². The highest BCUT2D eigenvalue weighted by molar-refractivity contribution is 5.95. The van der Waals surface area contributed by atoms with Gasteiger partial charge in [0.1, 0.15) is 11.5 Å². The largest absolute Gasteiger partial charge is 0.497 e. The smallest absolute Gasteiger partial charge is 0.310 e. The predicted octanol–water partition coefficient (Wildman–Crippen LogP) is 3.07. The highest BCUT2D eigenvalue weighted by atomic mass is 16.5. The van der Waals surface area contributed by atoms with Crippen molar-refractivity contribution in [1.29, 1.82) is 0 Å². The molecule has 6 nitrogen and oxygen atoms in total. The molecule has 0 spiro atoms. The first-order valence-corrected chi connectivity index (χ1v) is 7.74. The minimum Gasteiger partial charge on any atom is -0.497 e. The van der Waals surface area contributed by atoms with Gasteiger partial charge in [-0.1, -0.05) is 6.42 Å². The average Bonchev–Trinajstić information content (AvgIpc) is 2.43. The first kappa shape index (κ1) is 17.1. The molecule has 6 heteroatoms. The van der Waals surface area contributed by atoms with E-state index < -0.39 is 11.4 Å². The summed E-state index contributed by atoms with van der Waals surface area (Å²) in [5, 5.41) is 12.1. The fraction of sp³-hybridized carbons (Fsp3) is 0.529. The Labute approximate surface area is 135 Å². The SMILES string of the molecule is COc1ccc(OC(C)C)c(NC(=O)CC2(C(=O)O)CCC2)c1. The number of hydrogen-bond donors (Lipinski definition) is 2. The molecule has 126 valence electrons. The summed E-state index contributed by atoms with van der Waals surface area (Å²) < 4.78 is 10.8. The maximum atomic E-state index is 12.3. The van der Waals surface area contributed by atoms with E-state index in [4.69, 9.17) is 9.47 Å². The molecule has 0 aliphatic heterocycles. The summed E-state index contributed by atoms with van der Waals surface area (Å²) in [6.07, 6.45) is 1.86. The molecule has 1 amide bonds. The number of amides is 1. The van der Waals surface area contributed by atoms with E-state index in [2.05, 4.69) is 5.32 Å². The molecule has 0 unspecified atom stereocenters. The third-order valence-corrected chi connectivity index (χ3v) is 4.09. The molecule has 2 N–H and O–H groups in total. The summed E-state index contributed by atoms with van der Waals surface area (Å²) in [6, 6.07) is 5.15.